The average Bonchev–Trinajstić information content (AvgIpc) is 3.07. The molecule has 0 aromatic heterocycles. The maximum absolute atomic E-state index is 13.0. The van der Waals surface area contributed by atoms with E-state index in [1.165, 1.54) is 22.5 Å². The zero-order valence-corrected chi connectivity index (χ0v) is 15.8. The van der Waals surface area contributed by atoms with Crippen LogP contribution in [-0.4, -0.2) is 33.2 Å². The number of benzene rings is 2. The van der Waals surface area contributed by atoms with Gasteiger partial charge in [-0.2, -0.15) is 0 Å². The van der Waals surface area contributed by atoms with E-state index in [4.69, 9.17) is 0 Å². The standard InChI is InChI=1S/C20H21FN2O3S/c1-15(16-6-8-18(21)9-7-16)14-20(24)22-11-13-27(25,26)23-12-10-17-4-2-3-5-19(17)23/h2-9,14H,10-13H2,1H3,(H,22,24)/b15-14-. The number of carbonyl (C=O) groups excluding carboxylic acids is 1. The maximum Gasteiger partial charge on any atom is 0.244 e. The van der Waals surface area contributed by atoms with Gasteiger partial charge in [0.2, 0.25) is 15.9 Å². The van der Waals surface area contributed by atoms with Gasteiger partial charge in [-0.05, 0) is 48.2 Å². The van der Waals surface area contributed by atoms with Crippen LogP contribution in [0.4, 0.5) is 10.1 Å². The predicted molar refractivity (Wildman–Crippen MR) is 104 cm³/mol. The lowest BCUT2D eigenvalue weighted by molar-refractivity contribution is -0.116. The van der Waals surface area contributed by atoms with E-state index in [0.29, 0.717) is 18.5 Å². The second kappa shape index (κ2) is 7.92. The lowest BCUT2D eigenvalue weighted by atomic mass is 10.1. The van der Waals surface area contributed by atoms with Crippen LogP contribution in [0.25, 0.3) is 5.57 Å². The fourth-order valence-corrected chi connectivity index (χ4v) is 4.48. The SMILES string of the molecule is C/C(=C/C(=O)NCCS(=O)(=O)N1CCc2ccccc21)c1ccc(F)cc1. The number of sulfonamides is 1. The lowest BCUT2D eigenvalue weighted by Crippen LogP contribution is -2.36. The summed E-state index contributed by atoms with van der Waals surface area (Å²) in [6, 6.07) is 13.3. The monoisotopic (exact) mass is 388 g/mol. The number of hydrogen-bond acceptors (Lipinski definition) is 3. The van der Waals surface area contributed by atoms with Crippen LogP contribution in [0.5, 0.6) is 0 Å². The Bertz CT molecular complexity index is 969. The van der Waals surface area contributed by atoms with E-state index in [-0.39, 0.29) is 24.0 Å². The van der Waals surface area contributed by atoms with Gasteiger partial charge in [0, 0.05) is 19.2 Å². The van der Waals surface area contributed by atoms with E-state index in [2.05, 4.69) is 5.32 Å². The second-order valence-electron chi connectivity index (χ2n) is 6.39. The predicted octanol–water partition coefficient (Wildman–Crippen LogP) is 2.74. The third-order valence-electron chi connectivity index (χ3n) is 4.49. The Balaban J connectivity index is 1.57. The highest BCUT2D eigenvalue weighted by Crippen LogP contribution is 2.29. The van der Waals surface area contributed by atoms with E-state index in [1.807, 2.05) is 18.2 Å². The third kappa shape index (κ3) is 4.54. The van der Waals surface area contributed by atoms with Crippen molar-refractivity contribution in [3.63, 3.8) is 0 Å². The number of allylic oxidation sites excluding steroid dienone is 1. The molecule has 1 aliphatic rings. The van der Waals surface area contributed by atoms with Gasteiger partial charge >= 0.3 is 0 Å². The molecule has 1 N–H and O–H groups in total. The molecule has 0 fully saturated rings. The number of carbonyl (C=O) groups is 1. The molecule has 1 heterocycles. The summed E-state index contributed by atoms with van der Waals surface area (Å²) in [6.45, 7) is 2.19. The molecule has 0 saturated carbocycles. The maximum atomic E-state index is 13.0. The van der Waals surface area contributed by atoms with E-state index >= 15 is 0 Å². The summed E-state index contributed by atoms with van der Waals surface area (Å²) < 4.78 is 39.5. The zero-order valence-electron chi connectivity index (χ0n) is 15.0. The van der Waals surface area contributed by atoms with Crippen molar-refractivity contribution in [2.75, 3.05) is 23.1 Å². The van der Waals surface area contributed by atoms with E-state index in [0.717, 1.165) is 16.8 Å². The fourth-order valence-electron chi connectivity index (χ4n) is 3.05. The van der Waals surface area contributed by atoms with Gasteiger partial charge in [-0.1, -0.05) is 30.3 Å². The van der Waals surface area contributed by atoms with Gasteiger partial charge in [0.1, 0.15) is 5.82 Å². The molecule has 3 rings (SSSR count). The van der Waals surface area contributed by atoms with Crippen LogP contribution in [-0.2, 0) is 21.2 Å². The van der Waals surface area contributed by atoms with Crippen molar-refractivity contribution in [2.45, 2.75) is 13.3 Å². The largest absolute Gasteiger partial charge is 0.351 e. The molecule has 0 radical (unpaired) electrons. The molecule has 1 aliphatic heterocycles. The van der Waals surface area contributed by atoms with E-state index in [1.54, 1.807) is 25.1 Å². The highest BCUT2D eigenvalue weighted by atomic mass is 32.2. The summed E-state index contributed by atoms with van der Waals surface area (Å²) in [5.41, 5.74) is 3.13. The summed E-state index contributed by atoms with van der Waals surface area (Å²) in [4.78, 5) is 12.0. The molecule has 0 unspecified atom stereocenters. The van der Waals surface area contributed by atoms with Gasteiger partial charge in [-0.3, -0.25) is 9.10 Å². The number of hydrogen-bond donors (Lipinski definition) is 1. The van der Waals surface area contributed by atoms with Gasteiger partial charge in [0.15, 0.2) is 0 Å². The van der Waals surface area contributed by atoms with Gasteiger partial charge in [-0.15, -0.1) is 0 Å². The summed E-state index contributed by atoms with van der Waals surface area (Å²) in [5.74, 6) is -0.894. The molecule has 5 nitrogen and oxygen atoms in total. The van der Waals surface area contributed by atoms with Crippen LogP contribution in [0, 0.1) is 5.82 Å². The van der Waals surface area contributed by atoms with Crippen molar-refractivity contribution in [2.24, 2.45) is 0 Å². The quantitative estimate of drug-likeness (QED) is 0.774. The van der Waals surface area contributed by atoms with E-state index in [9.17, 15) is 17.6 Å². The summed E-state index contributed by atoms with van der Waals surface area (Å²) in [5, 5.41) is 2.60. The molecule has 7 heteroatoms. The number of anilines is 1. The Hall–Kier alpha value is -2.67. The van der Waals surface area contributed by atoms with Crippen molar-refractivity contribution in [1.29, 1.82) is 0 Å². The number of para-hydroxylation sites is 1. The second-order valence-corrected chi connectivity index (χ2v) is 8.40. The first-order valence-corrected chi connectivity index (χ1v) is 10.3. The Morgan fingerprint density at radius 3 is 2.63 bits per heavy atom. The summed E-state index contributed by atoms with van der Waals surface area (Å²) >= 11 is 0. The van der Waals surface area contributed by atoms with Crippen molar-refractivity contribution in [3.05, 3.63) is 71.6 Å². The molecular formula is C20H21FN2O3S. The number of nitrogens with zero attached hydrogens (tertiary/aromatic N) is 1. The molecule has 27 heavy (non-hydrogen) atoms. The highest BCUT2D eigenvalue weighted by molar-refractivity contribution is 7.92. The Morgan fingerprint density at radius 2 is 1.89 bits per heavy atom. The van der Waals surface area contributed by atoms with Crippen molar-refractivity contribution >= 4 is 27.2 Å². The number of fused-ring (bicyclic) bond motifs is 1. The molecule has 142 valence electrons. The zero-order chi connectivity index (χ0) is 19.4. The number of nitrogens with one attached hydrogen (secondary N) is 1. The first-order valence-electron chi connectivity index (χ1n) is 8.67. The molecule has 0 spiro atoms. The normalized spacial score (nSPS) is 14.1. The van der Waals surface area contributed by atoms with Crippen LogP contribution in [0.3, 0.4) is 0 Å². The van der Waals surface area contributed by atoms with Crippen LogP contribution >= 0.6 is 0 Å². The Labute approximate surface area is 158 Å². The third-order valence-corrected chi connectivity index (χ3v) is 6.26. The van der Waals surface area contributed by atoms with Gasteiger partial charge in [0.05, 0.1) is 11.4 Å². The minimum atomic E-state index is -3.50. The van der Waals surface area contributed by atoms with Crippen molar-refractivity contribution < 1.29 is 17.6 Å². The first kappa shape index (κ1) is 19.1. The van der Waals surface area contributed by atoms with Gasteiger partial charge < -0.3 is 5.32 Å². The molecule has 1 amide bonds. The van der Waals surface area contributed by atoms with Gasteiger partial charge in [0.25, 0.3) is 0 Å². The van der Waals surface area contributed by atoms with Crippen LogP contribution < -0.4 is 9.62 Å². The van der Waals surface area contributed by atoms with Crippen molar-refractivity contribution in [1.82, 2.24) is 5.32 Å². The highest BCUT2D eigenvalue weighted by Gasteiger charge is 2.28. The molecule has 0 bridgehead atoms. The first-order chi connectivity index (χ1) is 12.9. The molecule has 0 atom stereocenters. The number of rotatable bonds is 6. The van der Waals surface area contributed by atoms with Crippen LogP contribution in [0.1, 0.15) is 18.1 Å². The smallest absolute Gasteiger partial charge is 0.244 e. The minimum absolute atomic E-state index is 0.0209. The Morgan fingerprint density at radius 1 is 1.19 bits per heavy atom. The van der Waals surface area contributed by atoms with E-state index < -0.39 is 10.0 Å². The lowest BCUT2D eigenvalue weighted by Gasteiger charge is -2.19. The van der Waals surface area contributed by atoms with Crippen molar-refractivity contribution in [3.8, 4) is 0 Å². The summed E-state index contributed by atoms with van der Waals surface area (Å²) in [7, 11) is -3.50. The molecular weight excluding hydrogens is 367 g/mol. The molecule has 2 aromatic carbocycles. The topological polar surface area (TPSA) is 66.5 Å². The van der Waals surface area contributed by atoms with Gasteiger partial charge in [-0.25, -0.2) is 12.8 Å². The van der Waals surface area contributed by atoms with Crippen LogP contribution in [0.2, 0.25) is 0 Å². The fraction of sp³-hybridized carbons (Fsp3) is 0.250. The number of amides is 1. The molecule has 2 aromatic rings. The molecule has 0 saturated heterocycles. The minimum Gasteiger partial charge on any atom is -0.351 e. The Kier molecular flexibility index (Phi) is 5.60. The molecule has 0 aliphatic carbocycles. The summed E-state index contributed by atoms with van der Waals surface area (Å²) in [6.07, 6.45) is 2.08. The van der Waals surface area contributed by atoms with Crippen LogP contribution in [0.15, 0.2) is 54.6 Å². The number of halogens is 1. The average molecular weight is 388 g/mol.